The molecule has 0 aliphatic rings. The smallest absolute Gasteiger partial charge is 0.219 e. The van der Waals surface area contributed by atoms with Gasteiger partial charge in [-0.2, -0.15) is 0 Å². The largest absolute Gasteiger partial charge is 0.327 e. The van der Waals surface area contributed by atoms with Crippen molar-refractivity contribution in [1.29, 1.82) is 0 Å². The highest BCUT2D eigenvalue weighted by molar-refractivity contribution is 8.23. The maximum Gasteiger partial charge on any atom is 0.219 e. The molecule has 5 heteroatoms. The molecule has 0 saturated heterocycles. The normalized spacial score (nSPS) is 17.2. The summed E-state index contributed by atoms with van der Waals surface area (Å²) in [4.78, 5) is 0. The van der Waals surface area contributed by atoms with Gasteiger partial charge in [-0.25, -0.2) is 0 Å². The fourth-order valence-corrected chi connectivity index (χ4v) is 2.56. The van der Waals surface area contributed by atoms with Crippen LogP contribution >= 0.6 is 17.0 Å². The van der Waals surface area contributed by atoms with Crippen LogP contribution in [0.2, 0.25) is 0 Å². The molecular formula is C4H11ClNOPS. The van der Waals surface area contributed by atoms with Gasteiger partial charge in [0.15, 0.2) is 0 Å². The first kappa shape index (κ1) is 9.86. The Labute approximate surface area is 65.9 Å². The SMILES string of the molecule is CCNP(=S)(Cl)OCC. The van der Waals surface area contributed by atoms with Gasteiger partial charge in [0, 0.05) is 0 Å². The minimum absolute atomic E-state index is 0.577. The van der Waals surface area contributed by atoms with Gasteiger partial charge in [0.2, 0.25) is 5.77 Å². The van der Waals surface area contributed by atoms with Crippen molar-refractivity contribution in [2.45, 2.75) is 13.8 Å². The molecule has 1 N–H and O–H groups in total. The van der Waals surface area contributed by atoms with Crippen molar-refractivity contribution in [2.75, 3.05) is 13.2 Å². The molecule has 0 amide bonds. The molecule has 0 spiro atoms. The molecule has 0 aliphatic carbocycles. The summed E-state index contributed by atoms with van der Waals surface area (Å²) < 4.78 is 5.05. The molecule has 0 aliphatic heterocycles. The summed E-state index contributed by atoms with van der Waals surface area (Å²) >= 11 is 10.6. The maximum absolute atomic E-state index is 5.73. The number of hydrogen-bond acceptors (Lipinski definition) is 2. The predicted molar refractivity (Wildman–Crippen MR) is 45.4 cm³/mol. The second-order valence-corrected chi connectivity index (χ2v) is 6.52. The lowest BCUT2D eigenvalue weighted by atomic mass is 10.8. The summed E-state index contributed by atoms with van der Waals surface area (Å²) in [5, 5.41) is 2.89. The minimum Gasteiger partial charge on any atom is -0.327 e. The van der Waals surface area contributed by atoms with Crippen LogP contribution in [0, 0.1) is 0 Å². The van der Waals surface area contributed by atoms with Crippen molar-refractivity contribution < 1.29 is 4.52 Å². The quantitative estimate of drug-likeness (QED) is 0.682. The van der Waals surface area contributed by atoms with Gasteiger partial charge in [0.1, 0.15) is 0 Å². The van der Waals surface area contributed by atoms with Gasteiger partial charge in [-0.05, 0) is 36.5 Å². The molecule has 0 aromatic rings. The van der Waals surface area contributed by atoms with E-state index in [4.69, 9.17) is 27.6 Å². The van der Waals surface area contributed by atoms with E-state index in [1.807, 2.05) is 13.8 Å². The van der Waals surface area contributed by atoms with E-state index in [0.29, 0.717) is 6.61 Å². The van der Waals surface area contributed by atoms with Gasteiger partial charge >= 0.3 is 0 Å². The van der Waals surface area contributed by atoms with E-state index >= 15 is 0 Å². The number of rotatable bonds is 4. The molecule has 0 aromatic heterocycles. The van der Waals surface area contributed by atoms with Crippen molar-refractivity contribution in [2.24, 2.45) is 0 Å². The van der Waals surface area contributed by atoms with Crippen LogP contribution in [0.3, 0.4) is 0 Å². The van der Waals surface area contributed by atoms with Gasteiger partial charge in [0.25, 0.3) is 0 Å². The van der Waals surface area contributed by atoms with E-state index in [-0.39, 0.29) is 0 Å². The lowest BCUT2D eigenvalue weighted by Gasteiger charge is -2.12. The van der Waals surface area contributed by atoms with Gasteiger partial charge in [-0.1, -0.05) is 6.92 Å². The summed E-state index contributed by atoms with van der Waals surface area (Å²) in [6, 6.07) is 0. The summed E-state index contributed by atoms with van der Waals surface area (Å²) in [6.07, 6.45) is 0. The molecule has 1 unspecified atom stereocenters. The summed E-state index contributed by atoms with van der Waals surface area (Å²) in [5.41, 5.74) is 0. The van der Waals surface area contributed by atoms with E-state index in [1.54, 1.807) is 0 Å². The summed E-state index contributed by atoms with van der Waals surface area (Å²) in [7, 11) is 0. The van der Waals surface area contributed by atoms with Crippen LogP contribution in [0.15, 0.2) is 0 Å². The van der Waals surface area contributed by atoms with Crippen LogP contribution in [0.25, 0.3) is 0 Å². The van der Waals surface area contributed by atoms with Crippen LogP contribution in [0.5, 0.6) is 0 Å². The van der Waals surface area contributed by atoms with Crippen LogP contribution in [0.1, 0.15) is 13.8 Å². The molecule has 9 heavy (non-hydrogen) atoms. The first-order valence-electron chi connectivity index (χ1n) is 2.81. The van der Waals surface area contributed by atoms with Gasteiger partial charge in [-0.15, -0.1) is 0 Å². The van der Waals surface area contributed by atoms with E-state index in [2.05, 4.69) is 5.09 Å². The Morgan fingerprint density at radius 3 is 2.56 bits per heavy atom. The summed E-state index contributed by atoms with van der Waals surface area (Å²) in [6.45, 7) is 5.16. The minimum atomic E-state index is -2.14. The molecular weight excluding hydrogens is 177 g/mol. The predicted octanol–water partition coefficient (Wildman–Crippen LogP) is 2.10. The second-order valence-electron chi connectivity index (χ2n) is 1.41. The molecule has 0 saturated carbocycles. The molecule has 0 bridgehead atoms. The van der Waals surface area contributed by atoms with E-state index in [9.17, 15) is 0 Å². The Morgan fingerprint density at radius 2 is 2.22 bits per heavy atom. The van der Waals surface area contributed by atoms with Crippen LogP contribution in [-0.4, -0.2) is 13.2 Å². The summed E-state index contributed by atoms with van der Waals surface area (Å²) in [5.74, 6) is -2.14. The van der Waals surface area contributed by atoms with Gasteiger partial charge in [-0.3, -0.25) is 5.09 Å². The number of nitrogens with one attached hydrogen (secondary N) is 1. The molecule has 1 atom stereocenters. The van der Waals surface area contributed by atoms with Crippen LogP contribution in [-0.2, 0) is 16.3 Å². The number of hydrogen-bond donors (Lipinski definition) is 1. The first-order chi connectivity index (χ1) is 4.12. The zero-order chi connectivity index (χ0) is 7.33. The highest BCUT2D eigenvalue weighted by Gasteiger charge is 2.08. The van der Waals surface area contributed by atoms with Crippen molar-refractivity contribution in [3.63, 3.8) is 0 Å². The molecule has 0 heterocycles. The first-order valence-corrected chi connectivity index (χ1v) is 6.44. The Bertz CT molecular complexity index is 111. The fourth-order valence-electron chi connectivity index (χ4n) is 0.401. The molecule has 2 nitrogen and oxygen atoms in total. The average molecular weight is 188 g/mol. The van der Waals surface area contributed by atoms with Crippen molar-refractivity contribution >= 4 is 28.8 Å². The monoisotopic (exact) mass is 187 g/mol. The van der Waals surface area contributed by atoms with Crippen molar-refractivity contribution in [3.8, 4) is 0 Å². The fraction of sp³-hybridized carbons (Fsp3) is 1.00. The lowest BCUT2D eigenvalue weighted by Crippen LogP contribution is -2.06. The Hall–Kier alpha value is 0.860. The average Bonchev–Trinajstić information content (AvgIpc) is 1.64. The van der Waals surface area contributed by atoms with E-state index in [1.165, 1.54) is 0 Å². The third kappa shape index (κ3) is 5.31. The second kappa shape index (κ2) is 4.64. The number of halogens is 1. The maximum atomic E-state index is 5.73. The Morgan fingerprint density at radius 1 is 1.67 bits per heavy atom. The van der Waals surface area contributed by atoms with Gasteiger partial charge < -0.3 is 4.52 Å². The highest BCUT2D eigenvalue weighted by Crippen LogP contribution is 2.47. The van der Waals surface area contributed by atoms with Gasteiger partial charge in [0.05, 0.1) is 6.61 Å². The van der Waals surface area contributed by atoms with Crippen LogP contribution in [0.4, 0.5) is 0 Å². The molecule has 0 fully saturated rings. The highest BCUT2D eigenvalue weighted by atomic mass is 35.7. The molecule has 0 aromatic carbocycles. The standard InChI is InChI=1S/C4H11ClNOPS/c1-3-6-8(5,9)7-4-2/h3-4H2,1-2H3,(H,6,9). The van der Waals surface area contributed by atoms with E-state index < -0.39 is 5.77 Å². The van der Waals surface area contributed by atoms with Crippen molar-refractivity contribution in [3.05, 3.63) is 0 Å². The topological polar surface area (TPSA) is 21.3 Å². The lowest BCUT2D eigenvalue weighted by molar-refractivity contribution is 0.379. The van der Waals surface area contributed by atoms with E-state index in [0.717, 1.165) is 6.54 Å². The Kier molecular flexibility index (Phi) is 5.08. The molecule has 0 radical (unpaired) electrons. The third-order valence-corrected chi connectivity index (χ3v) is 3.28. The third-order valence-electron chi connectivity index (χ3n) is 0.642. The Balaban J connectivity index is 3.58. The van der Waals surface area contributed by atoms with Crippen molar-refractivity contribution in [1.82, 2.24) is 5.09 Å². The zero-order valence-corrected chi connectivity index (χ0v) is 8.02. The van der Waals surface area contributed by atoms with Crippen LogP contribution < -0.4 is 5.09 Å². The molecule has 56 valence electrons. The molecule has 0 rings (SSSR count). The zero-order valence-electron chi connectivity index (χ0n) is 5.56.